The fraction of sp³-hybridized carbons (Fsp3) is 0. The van der Waals surface area contributed by atoms with Gasteiger partial charge in [-0.3, -0.25) is 0 Å². The lowest BCUT2D eigenvalue weighted by atomic mass is 10.2. The van der Waals surface area contributed by atoms with Crippen LogP contribution in [0.15, 0.2) is 31.9 Å². The third-order valence-electron chi connectivity index (χ3n) is 1.74. The second kappa shape index (κ2) is 3.09. The van der Waals surface area contributed by atoms with Crippen molar-refractivity contribution in [3.8, 4) is 5.75 Å². The van der Waals surface area contributed by atoms with Gasteiger partial charge in [-0.2, -0.15) is 0 Å². The van der Waals surface area contributed by atoms with Crippen LogP contribution >= 0.6 is 15.9 Å². The van der Waals surface area contributed by atoms with Crippen LogP contribution in [0.5, 0.6) is 5.75 Å². The van der Waals surface area contributed by atoms with E-state index < -0.39 is 17.2 Å². The summed E-state index contributed by atoms with van der Waals surface area (Å²) in [4.78, 5) is 10.9. The molecule has 0 spiro atoms. The van der Waals surface area contributed by atoms with E-state index >= 15 is 0 Å². The van der Waals surface area contributed by atoms with E-state index in [1.54, 1.807) is 0 Å². The summed E-state index contributed by atoms with van der Waals surface area (Å²) in [6, 6.07) is 3.43. The number of fused-ring (bicyclic) bond motifs is 1. The molecule has 0 fully saturated rings. The van der Waals surface area contributed by atoms with Gasteiger partial charge in [-0.1, -0.05) is 15.9 Å². The Morgan fingerprint density at radius 1 is 1.36 bits per heavy atom. The molecular weight excluding hydrogens is 255 g/mol. The first-order chi connectivity index (χ1) is 6.58. The molecule has 1 N–H and O–H groups in total. The molecule has 72 valence electrons. The van der Waals surface area contributed by atoms with Gasteiger partial charge in [-0.05, 0) is 12.1 Å². The molecule has 0 unspecified atom stereocenters. The van der Waals surface area contributed by atoms with Gasteiger partial charge in [0.2, 0.25) is 0 Å². The van der Waals surface area contributed by atoms with Crippen LogP contribution < -0.4 is 5.63 Å². The highest BCUT2D eigenvalue weighted by Gasteiger charge is 2.10. The monoisotopic (exact) mass is 258 g/mol. The average molecular weight is 259 g/mol. The molecule has 14 heavy (non-hydrogen) atoms. The topological polar surface area (TPSA) is 50.4 Å². The molecule has 1 aromatic carbocycles. The summed E-state index contributed by atoms with van der Waals surface area (Å²) in [6.07, 6.45) is 0. The van der Waals surface area contributed by atoms with E-state index in [0.29, 0.717) is 4.47 Å². The van der Waals surface area contributed by atoms with Crippen LogP contribution in [0.1, 0.15) is 0 Å². The molecule has 1 heterocycles. The molecule has 0 aliphatic heterocycles. The van der Waals surface area contributed by atoms with Gasteiger partial charge in [0.1, 0.15) is 17.1 Å². The van der Waals surface area contributed by atoms with Crippen molar-refractivity contribution in [2.45, 2.75) is 0 Å². The van der Waals surface area contributed by atoms with Crippen molar-refractivity contribution in [3.05, 3.63) is 38.9 Å². The van der Waals surface area contributed by atoms with Crippen molar-refractivity contribution >= 4 is 26.9 Å². The predicted molar refractivity (Wildman–Crippen MR) is 51.8 cm³/mol. The van der Waals surface area contributed by atoms with Gasteiger partial charge >= 0.3 is 5.63 Å². The summed E-state index contributed by atoms with van der Waals surface area (Å²) in [5.41, 5.74) is -0.700. The van der Waals surface area contributed by atoms with Crippen molar-refractivity contribution < 1.29 is 13.9 Å². The summed E-state index contributed by atoms with van der Waals surface area (Å²) in [5.74, 6) is -1.06. The highest BCUT2D eigenvalue weighted by Crippen LogP contribution is 2.28. The Balaban J connectivity index is 3.01. The van der Waals surface area contributed by atoms with Crippen LogP contribution in [0.3, 0.4) is 0 Å². The van der Waals surface area contributed by atoms with E-state index in [0.717, 1.165) is 6.07 Å². The summed E-state index contributed by atoms with van der Waals surface area (Å²) in [7, 11) is 0. The highest BCUT2D eigenvalue weighted by atomic mass is 79.9. The summed E-state index contributed by atoms with van der Waals surface area (Å²) in [5, 5.41) is 9.22. The van der Waals surface area contributed by atoms with Crippen LogP contribution in [0.4, 0.5) is 4.39 Å². The van der Waals surface area contributed by atoms with Crippen molar-refractivity contribution in [3.63, 3.8) is 0 Å². The molecule has 0 atom stereocenters. The Morgan fingerprint density at radius 3 is 2.79 bits per heavy atom. The lowest BCUT2D eigenvalue weighted by molar-refractivity contribution is 0.464. The quantitative estimate of drug-likeness (QED) is 0.739. The Labute approximate surface area is 85.9 Å². The molecule has 0 saturated heterocycles. The predicted octanol–water partition coefficient (Wildman–Crippen LogP) is 2.40. The zero-order valence-electron chi connectivity index (χ0n) is 6.75. The Hall–Kier alpha value is -1.36. The number of aromatic hydroxyl groups is 1. The third-order valence-corrected chi connectivity index (χ3v) is 2.20. The number of benzene rings is 1. The minimum atomic E-state index is -0.715. The van der Waals surface area contributed by atoms with Crippen LogP contribution in [0, 0.1) is 5.82 Å². The lowest BCUT2D eigenvalue weighted by Gasteiger charge is -2.00. The maximum atomic E-state index is 13.3. The van der Waals surface area contributed by atoms with E-state index in [9.17, 15) is 14.3 Å². The molecule has 0 bridgehead atoms. The Kier molecular flexibility index (Phi) is 2.03. The average Bonchev–Trinajstić information content (AvgIpc) is 1.99. The number of halogens is 2. The SMILES string of the molecule is O=c1cc(O)c2c(F)cc(Br)cc2o1. The van der Waals surface area contributed by atoms with Gasteiger partial charge in [-0.15, -0.1) is 0 Å². The van der Waals surface area contributed by atoms with Crippen LogP contribution in [-0.4, -0.2) is 5.11 Å². The molecule has 0 aliphatic rings. The molecule has 3 nitrogen and oxygen atoms in total. The molecular formula is C9H4BrFO3. The lowest BCUT2D eigenvalue weighted by Crippen LogP contribution is -1.96. The van der Waals surface area contributed by atoms with Gasteiger partial charge in [0.25, 0.3) is 0 Å². The van der Waals surface area contributed by atoms with Crippen LogP contribution in [-0.2, 0) is 0 Å². The molecule has 0 saturated carbocycles. The Bertz CT molecular complexity index is 562. The first-order valence-electron chi connectivity index (χ1n) is 3.70. The zero-order chi connectivity index (χ0) is 10.3. The summed E-state index contributed by atoms with van der Waals surface area (Å²) >= 11 is 3.05. The van der Waals surface area contributed by atoms with E-state index in [1.807, 2.05) is 0 Å². The summed E-state index contributed by atoms with van der Waals surface area (Å²) < 4.78 is 18.4. The van der Waals surface area contributed by atoms with E-state index in [1.165, 1.54) is 12.1 Å². The van der Waals surface area contributed by atoms with E-state index in [-0.39, 0.29) is 11.0 Å². The van der Waals surface area contributed by atoms with Crippen LogP contribution in [0.25, 0.3) is 11.0 Å². The maximum absolute atomic E-state index is 13.3. The molecule has 0 radical (unpaired) electrons. The fourth-order valence-electron chi connectivity index (χ4n) is 1.20. The minimum Gasteiger partial charge on any atom is -0.507 e. The Morgan fingerprint density at radius 2 is 2.07 bits per heavy atom. The van der Waals surface area contributed by atoms with Gasteiger partial charge in [0.15, 0.2) is 0 Å². The molecule has 0 amide bonds. The van der Waals surface area contributed by atoms with Crippen molar-refractivity contribution in [2.75, 3.05) is 0 Å². The number of hydrogen-bond donors (Lipinski definition) is 1. The third kappa shape index (κ3) is 1.39. The zero-order valence-corrected chi connectivity index (χ0v) is 8.34. The van der Waals surface area contributed by atoms with E-state index in [2.05, 4.69) is 15.9 Å². The largest absolute Gasteiger partial charge is 0.507 e. The van der Waals surface area contributed by atoms with Gasteiger partial charge < -0.3 is 9.52 Å². The van der Waals surface area contributed by atoms with Gasteiger partial charge in [-0.25, -0.2) is 9.18 Å². The fourth-order valence-corrected chi connectivity index (χ4v) is 1.61. The van der Waals surface area contributed by atoms with Gasteiger partial charge in [0.05, 0.1) is 11.5 Å². The first kappa shape index (κ1) is 9.21. The van der Waals surface area contributed by atoms with Crippen LogP contribution in [0.2, 0.25) is 0 Å². The second-order valence-corrected chi connectivity index (χ2v) is 3.63. The number of hydrogen-bond acceptors (Lipinski definition) is 3. The van der Waals surface area contributed by atoms with Crippen molar-refractivity contribution in [1.82, 2.24) is 0 Å². The highest BCUT2D eigenvalue weighted by molar-refractivity contribution is 9.10. The standard InChI is InChI=1S/C9H4BrFO3/c10-4-1-5(11)9-6(12)3-8(13)14-7(9)2-4/h1-3,12H. The van der Waals surface area contributed by atoms with E-state index in [4.69, 9.17) is 4.42 Å². The molecule has 5 heteroatoms. The van der Waals surface area contributed by atoms with Crippen molar-refractivity contribution in [2.24, 2.45) is 0 Å². The minimum absolute atomic E-state index is 0.0156. The second-order valence-electron chi connectivity index (χ2n) is 2.71. The number of rotatable bonds is 0. The van der Waals surface area contributed by atoms with Crippen molar-refractivity contribution in [1.29, 1.82) is 0 Å². The normalized spacial score (nSPS) is 10.7. The smallest absolute Gasteiger partial charge is 0.339 e. The van der Waals surface area contributed by atoms with Gasteiger partial charge in [0, 0.05) is 4.47 Å². The molecule has 2 aromatic rings. The molecule has 2 rings (SSSR count). The molecule has 0 aliphatic carbocycles. The molecule has 1 aromatic heterocycles. The summed E-state index contributed by atoms with van der Waals surface area (Å²) in [6.45, 7) is 0. The maximum Gasteiger partial charge on any atom is 0.339 e. The first-order valence-corrected chi connectivity index (χ1v) is 4.49.